The highest BCUT2D eigenvalue weighted by atomic mass is 16.5. The van der Waals surface area contributed by atoms with Crippen LogP contribution in [0.2, 0.25) is 0 Å². The van der Waals surface area contributed by atoms with Crippen LogP contribution < -0.4 is 16.2 Å². The minimum absolute atomic E-state index is 0.213. The van der Waals surface area contributed by atoms with Gasteiger partial charge in [-0.25, -0.2) is 10.8 Å². The van der Waals surface area contributed by atoms with E-state index in [0.717, 1.165) is 18.9 Å². The Morgan fingerprint density at radius 2 is 1.83 bits per heavy atom. The van der Waals surface area contributed by atoms with Crippen molar-refractivity contribution in [2.45, 2.75) is 38.9 Å². The summed E-state index contributed by atoms with van der Waals surface area (Å²) in [5.41, 5.74) is 2.09. The summed E-state index contributed by atoms with van der Waals surface area (Å²) in [6.07, 6.45) is 3.35. The molecule has 1 aromatic rings. The Morgan fingerprint density at radius 3 is 2.39 bits per heavy atom. The van der Waals surface area contributed by atoms with Crippen molar-refractivity contribution < 1.29 is 4.74 Å². The van der Waals surface area contributed by atoms with E-state index in [1.54, 1.807) is 12.4 Å². The van der Waals surface area contributed by atoms with Gasteiger partial charge in [0, 0.05) is 13.1 Å². The largest absolute Gasteiger partial charge is 0.366 e. The van der Waals surface area contributed by atoms with Gasteiger partial charge in [-0.15, -0.1) is 0 Å². The average molecular weight is 251 g/mol. The van der Waals surface area contributed by atoms with E-state index in [9.17, 15) is 0 Å². The molecule has 0 atom stereocenters. The van der Waals surface area contributed by atoms with Gasteiger partial charge in [0.15, 0.2) is 5.82 Å². The Kier molecular flexibility index (Phi) is 3.16. The molecule has 0 unspecified atom stereocenters. The minimum Gasteiger partial charge on any atom is -0.366 e. The van der Waals surface area contributed by atoms with Crippen LogP contribution in [0, 0.1) is 0 Å². The van der Waals surface area contributed by atoms with Gasteiger partial charge in [-0.1, -0.05) is 0 Å². The molecule has 0 spiro atoms. The summed E-state index contributed by atoms with van der Waals surface area (Å²) in [7, 11) is 0. The number of aromatic nitrogens is 2. The second kappa shape index (κ2) is 4.37. The SMILES string of the molecule is CC1(C)CN(c2cncc(NN)n2)CC(C)(C)O1. The number of hydrogen-bond acceptors (Lipinski definition) is 6. The second-order valence-corrected chi connectivity index (χ2v) is 5.88. The number of rotatable bonds is 2. The third kappa shape index (κ3) is 2.88. The fraction of sp³-hybridized carbons (Fsp3) is 0.667. The molecule has 1 fully saturated rings. The standard InChI is InChI=1S/C12H21N5O/c1-11(2)7-17(8-12(3,4)18-11)10-6-14-5-9(15-10)16-13/h5-6H,7-8,13H2,1-4H3,(H,15,16). The maximum Gasteiger partial charge on any atom is 0.160 e. The van der Waals surface area contributed by atoms with Crippen molar-refractivity contribution in [3.8, 4) is 0 Å². The predicted molar refractivity (Wildman–Crippen MR) is 71.3 cm³/mol. The normalized spacial score (nSPS) is 21.7. The first-order valence-electron chi connectivity index (χ1n) is 6.05. The van der Waals surface area contributed by atoms with Crippen LogP contribution >= 0.6 is 0 Å². The van der Waals surface area contributed by atoms with Crippen LogP contribution in [-0.4, -0.2) is 34.3 Å². The minimum atomic E-state index is -0.213. The first kappa shape index (κ1) is 13.0. The van der Waals surface area contributed by atoms with E-state index in [2.05, 4.69) is 48.0 Å². The summed E-state index contributed by atoms with van der Waals surface area (Å²) in [6, 6.07) is 0. The number of morpholine rings is 1. The van der Waals surface area contributed by atoms with Crippen molar-refractivity contribution in [2.75, 3.05) is 23.4 Å². The molecule has 0 bridgehead atoms. The van der Waals surface area contributed by atoms with Crippen LogP contribution in [0.1, 0.15) is 27.7 Å². The number of nitrogen functional groups attached to an aromatic ring is 1. The van der Waals surface area contributed by atoms with Crippen LogP contribution in [0.3, 0.4) is 0 Å². The van der Waals surface area contributed by atoms with Gasteiger partial charge in [-0.05, 0) is 27.7 Å². The summed E-state index contributed by atoms with van der Waals surface area (Å²) >= 11 is 0. The fourth-order valence-electron chi connectivity index (χ4n) is 2.53. The van der Waals surface area contributed by atoms with Gasteiger partial charge in [-0.3, -0.25) is 4.98 Å². The molecule has 2 rings (SSSR count). The summed E-state index contributed by atoms with van der Waals surface area (Å²) in [5.74, 6) is 6.74. The highest BCUT2D eigenvalue weighted by molar-refractivity contribution is 5.44. The molecule has 0 amide bonds. The molecule has 18 heavy (non-hydrogen) atoms. The van der Waals surface area contributed by atoms with Gasteiger partial charge in [0.1, 0.15) is 5.82 Å². The van der Waals surface area contributed by atoms with E-state index >= 15 is 0 Å². The van der Waals surface area contributed by atoms with Gasteiger partial charge in [-0.2, -0.15) is 0 Å². The number of nitrogens with zero attached hydrogens (tertiary/aromatic N) is 3. The lowest BCUT2D eigenvalue weighted by Gasteiger charge is -2.47. The molecular weight excluding hydrogens is 230 g/mol. The summed E-state index contributed by atoms with van der Waals surface area (Å²) in [4.78, 5) is 10.7. The van der Waals surface area contributed by atoms with E-state index in [-0.39, 0.29) is 11.2 Å². The van der Waals surface area contributed by atoms with Crippen molar-refractivity contribution >= 4 is 11.6 Å². The molecule has 6 nitrogen and oxygen atoms in total. The van der Waals surface area contributed by atoms with Crippen LogP contribution in [0.25, 0.3) is 0 Å². The third-order valence-corrected chi connectivity index (χ3v) is 2.79. The van der Waals surface area contributed by atoms with Crippen molar-refractivity contribution in [1.29, 1.82) is 0 Å². The molecule has 3 N–H and O–H groups in total. The zero-order valence-electron chi connectivity index (χ0n) is 11.4. The number of nitrogens with one attached hydrogen (secondary N) is 1. The topological polar surface area (TPSA) is 76.3 Å². The lowest BCUT2D eigenvalue weighted by molar-refractivity contribution is -0.133. The number of hydrogen-bond donors (Lipinski definition) is 2. The van der Waals surface area contributed by atoms with Gasteiger partial charge in [0.05, 0.1) is 23.6 Å². The fourth-order valence-corrected chi connectivity index (χ4v) is 2.53. The van der Waals surface area contributed by atoms with Crippen LogP contribution in [0.4, 0.5) is 11.6 Å². The second-order valence-electron chi connectivity index (χ2n) is 5.88. The molecule has 1 aromatic heterocycles. The monoisotopic (exact) mass is 251 g/mol. The Balaban J connectivity index is 2.26. The zero-order chi connectivity index (χ0) is 13.4. The molecule has 2 heterocycles. The van der Waals surface area contributed by atoms with Crippen molar-refractivity contribution in [1.82, 2.24) is 9.97 Å². The number of nitrogens with two attached hydrogens (primary N) is 1. The van der Waals surface area contributed by atoms with E-state index in [0.29, 0.717) is 5.82 Å². The van der Waals surface area contributed by atoms with Gasteiger partial charge >= 0.3 is 0 Å². The molecule has 0 aliphatic carbocycles. The van der Waals surface area contributed by atoms with E-state index in [1.165, 1.54) is 0 Å². The first-order valence-corrected chi connectivity index (χ1v) is 6.05. The van der Waals surface area contributed by atoms with Gasteiger partial charge < -0.3 is 15.1 Å². The third-order valence-electron chi connectivity index (χ3n) is 2.79. The highest BCUT2D eigenvalue weighted by Gasteiger charge is 2.38. The molecule has 1 aliphatic heterocycles. The maximum absolute atomic E-state index is 6.04. The molecule has 0 aromatic carbocycles. The molecule has 100 valence electrons. The quantitative estimate of drug-likeness (QED) is 0.606. The Bertz CT molecular complexity index is 416. The molecule has 1 saturated heterocycles. The van der Waals surface area contributed by atoms with Crippen molar-refractivity contribution in [3.63, 3.8) is 0 Å². The summed E-state index contributed by atoms with van der Waals surface area (Å²) in [6.45, 7) is 9.88. The number of hydrazine groups is 1. The molecular formula is C12H21N5O. The zero-order valence-corrected chi connectivity index (χ0v) is 11.4. The molecule has 0 saturated carbocycles. The van der Waals surface area contributed by atoms with Crippen molar-refractivity contribution in [2.24, 2.45) is 5.84 Å². The average Bonchev–Trinajstić information content (AvgIpc) is 2.25. The van der Waals surface area contributed by atoms with Crippen LogP contribution in [0.15, 0.2) is 12.4 Å². The van der Waals surface area contributed by atoms with Crippen LogP contribution in [-0.2, 0) is 4.74 Å². The highest BCUT2D eigenvalue weighted by Crippen LogP contribution is 2.30. The molecule has 6 heteroatoms. The Labute approximate surface area is 108 Å². The summed E-state index contributed by atoms with van der Waals surface area (Å²) in [5, 5.41) is 0. The van der Waals surface area contributed by atoms with E-state index in [4.69, 9.17) is 10.6 Å². The maximum atomic E-state index is 6.04. The summed E-state index contributed by atoms with van der Waals surface area (Å²) < 4.78 is 6.04. The lowest BCUT2D eigenvalue weighted by atomic mass is 9.99. The van der Waals surface area contributed by atoms with Crippen molar-refractivity contribution in [3.05, 3.63) is 12.4 Å². The van der Waals surface area contributed by atoms with E-state index < -0.39 is 0 Å². The molecule has 0 radical (unpaired) electrons. The van der Waals surface area contributed by atoms with Crippen LogP contribution in [0.5, 0.6) is 0 Å². The predicted octanol–water partition coefficient (Wildman–Crippen LogP) is 1.16. The smallest absolute Gasteiger partial charge is 0.160 e. The molecule has 1 aliphatic rings. The number of anilines is 2. The van der Waals surface area contributed by atoms with E-state index in [1.807, 2.05) is 0 Å². The Morgan fingerprint density at radius 1 is 1.22 bits per heavy atom. The number of ether oxygens (including phenoxy) is 1. The van der Waals surface area contributed by atoms with Gasteiger partial charge in [0.25, 0.3) is 0 Å². The lowest BCUT2D eigenvalue weighted by Crippen LogP contribution is -2.57. The van der Waals surface area contributed by atoms with Gasteiger partial charge in [0.2, 0.25) is 0 Å². The first-order chi connectivity index (χ1) is 8.31. The Hall–Kier alpha value is -1.40.